The van der Waals surface area contributed by atoms with Gasteiger partial charge in [-0.1, -0.05) is 28.6 Å². The van der Waals surface area contributed by atoms with E-state index in [2.05, 4.69) is 37.0 Å². The van der Waals surface area contributed by atoms with Gasteiger partial charge in [0.25, 0.3) is 0 Å². The van der Waals surface area contributed by atoms with Crippen molar-refractivity contribution in [1.82, 2.24) is 14.5 Å². The number of pyridine rings is 1. The Bertz CT molecular complexity index is 1090. The minimum Gasteiger partial charge on any atom is -0.300 e. The van der Waals surface area contributed by atoms with Gasteiger partial charge in [0.2, 0.25) is 0 Å². The fourth-order valence-electron chi connectivity index (χ4n) is 3.44. The first kappa shape index (κ1) is 18.5. The molecule has 0 aliphatic carbocycles. The quantitative estimate of drug-likeness (QED) is 0.571. The van der Waals surface area contributed by atoms with Gasteiger partial charge in [-0.15, -0.1) is 0 Å². The molecule has 0 saturated carbocycles. The number of benzene rings is 1. The number of Topliss-reactive ketones (excluding diaryl/α,β-unsaturated/α-hetero) is 1. The van der Waals surface area contributed by atoms with E-state index >= 15 is 0 Å². The zero-order valence-electron chi connectivity index (χ0n) is 15.5. The second kappa shape index (κ2) is 7.64. The number of ketones is 1. The van der Waals surface area contributed by atoms with Gasteiger partial charge in [0, 0.05) is 22.7 Å². The smallest absolute Gasteiger partial charge is 0.138 e. The van der Waals surface area contributed by atoms with E-state index in [-0.39, 0.29) is 11.8 Å². The minimum atomic E-state index is -0.249. The molecule has 0 unspecified atom stereocenters. The fourth-order valence-corrected chi connectivity index (χ4v) is 3.80. The van der Waals surface area contributed by atoms with Crippen molar-refractivity contribution in [2.45, 2.75) is 25.8 Å². The van der Waals surface area contributed by atoms with Crippen LogP contribution in [0.25, 0.3) is 11.8 Å². The molecule has 1 aromatic carbocycles. The van der Waals surface area contributed by atoms with Gasteiger partial charge in [-0.3, -0.25) is 14.5 Å². The Balaban J connectivity index is 1.99. The second-order valence-electron chi connectivity index (χ2n) is 6.69. The van der Waals surface area contributed by atoms with Gasteiger partial charge in [-0.05, 0) is 49.8 Å². The third-order valence-corrected chi connectivity index (χ3v) is 5.23. The Morgan fingerprint density at radius 2 is 2.14 bits per heavy atom. The average molecular weight is 435 g/mol. The highest BCUT2D eigenvalue weighted by Gasteiger charge is 2.28. The maximum absolute atomic E-state index is 11.6. The van der Waals surface area contributed by atoms with E-state index in [0.29, 0.717) is 12.8 Å². The second-order valence-corrected chi connectivity index (χ2v) is 7.61. The van der Waals surface area contributed by atoms with Crippen LogP contribution in [-0.4, -0.2) is 26.0 Å². The van der Waals surface area contributed by atoms with Crippen LogP contribution in [-0.2, 0) is 4.79 Å². The molecule has 0 fully saturated rings. The Morgan fingerprint density at radius 3 is 2.86 bits per heavy atom. The third kappa shape index (κ3) is 3.36. The van der Waals surface area contributed by atoms with E-state index in [4.69, 9.17) is 4.99 Å². The average Bonchev–Trinajstić information content (AvgIpc) is 3.07. The number of rotatable bonds is 5. The molecule has 4 rings (SSSR count). The van der Waals surface area contributed by atoms with Crippen molar-refractivity contribution in [3.63, 3.8) is 0 Å². The first-order chi connectivity index (χ1) is 13.6. The predicted molar refractivity (Wildman–Crippen MR) is 114 cm³/mol. The standard InChI is InChI=1S/C22H19BrN4O/c1-3-16-13-25-22-19(9-7-14(2)28)26-21(18-6-4-5-11-24-18)17-12-15(23)8-10-20(17)27(16)22/h3-6,8,10-13,19H,1,7,9H2,2H3/t19-/m0/s1. The number of carbonyl (C=O) groups is 1. The molecular formula is C22H19BrN4O. The van der Waals surface area contributed by atoms with E-state index in [1.807, 2.05) is 36.4 Å². The van der Waals surface area contributed by atoms with Gasteiger partial charge in [0.05, 0.1) is 29.0 Å². The monoisotopic (exact) mass is 434 g/mol. The molecule has 3 aromatic rings. The van der Waals surface area contributed by atoms with Gasteiger partial charge in [-0.25, -0.2) is 4.98 Å². The highest BCUT2D eigenvalue weighted by molar-refractivity contribution is 9.10. The lowest BCUT2D eigenvalue weighted by Gasteiger charge is -2.14. The summed E-state index contributed by atoms with van der Waals surface area (Å²) < 4.78 is 3.04. The van der Waals surface area contributed by atoms with Crippen molar-refractivity contribution in [2.75, 3.05) is 0 Å². The lowest BCUT2D eigenvalue weighted by atomic mass is 10.0. The molecule has 0 radical (unpaired) electrons. The molecule has 0 bridgehead atoms. The van der Waals surface area contributed by atoms with Crippen LogP contribution in [0.15, 0.2) is 64.8 Å². The number of carbonyl (C=O) groups excluding carboxylic acids is 1. The van der Waals surface area contributed by atoms with E-state index in [1.54, 1.807) is 25.4 Å². The Morgan fingerprint density at radius 1 is 1.29 bits per heavy atom. The SMILES string of the molecule is C=Cc1cnc2n1-c1ccc(Br)cc1C(c1ccccn1)=N[C@H]2CCC(C)=O. The molecule has 1 aliphatic heterocycles. The van der Waals surface area contributed by atoms with E-state index < -0.39 is 0 Å². The molecule has 1 aliphatic rings. The van der Waals surface area contributed by atoms with E-state index in [0.717, 1.165) is 38.6 Å². The van der Waals surface area contributed by atoms with Crippen molar-refractivity contribution in [1.29, 1.82) is 0 Å². The number of fused-ring (bicyclic) bond motifs is 3. The zero-order chi connectivity index (χ0) is 19.7. The summed E-state index contributed by atoms with van der Waals surface area (Å²) in [5, 5.41) is 0. The molecule has 0 spiro atoms. The summed E-state index contributed by atoms with van der Waals surface area (Å²) in [6.45, 7) is 5.54. The van der Waals surface area contributed by atoms with E-state index in [9.17, 15) is 4.79 Å². The predicted octanol–water partition coefficient (Wildman–Crippen LogP) is 4.93. The summed E-state index contributed by atoms with van der Waals surface area (Å²) in [4.78, 5) is 25.9. The maximum atomic E-state index is 11.6. The first-order valence-electron chi connectivity index (χ1n) is 9.07. The van der Waals surface area contributed by atoms with Crippen LogP contribution in [0.1, 0.15) is 48.6 Å². The van der Waals surface area contributed by atoms with Gasteiger partial charge in [0.15, 0.2) is 0 Å². The molecule has 140 valence electrons. The summed E-state index contributed by atoms with van der Waals surface area (Å²) >= 11 is 3.58. The summed E-state index contributed by atoms with van der Waals surface area (Å²) in [5.41, 5.74) is 4.41. The molecular weight excluding hydrogens is 416 g/mol. The normalized spacial score (nSPS) is 15.2. The molecule has 0 amide bonds. The number of nitrogens with zero attached hydrogens (tertiary/aromatic N) is 4. The van der Waals surface area contributed by atoms with Crippen LogP contribution in [0.4, 0.5) is 0 Å². The van der Waals surface area contributed by atoms with Crippen LogP contribution >= 0.6 is 15.9 Å². The van der Waals surface area contributed by atoms with Gasteiger partial charge in [-0.2, -0.15) is 0 Å². The van der Waals surface area contributed by atoms with E-state index in [1.165, 1.54) is 0 Å². The molecule has 28 heavy (non-hydrogen) atoms. The van der Waals surface area contributed by atoms with Crippen LogP contribution in [0.5, 0.6) is 0 Å². The molecule has 2 aromatic heterocycles. The van der Waals surface area contributed by atoms with Crippen LogP contribution < -0.4 is 0 Å². The highest BCUT2D eigenvalue weighted by atomic mass is 79.9. The van der Waals surface area contributed by atoms with Crippen molar-refractivity contribution in [3.05, 3.63) is 82.6 Å². The zero-order valence-corrected chi connectivity index (χ0v) is 17.1. The Labute approximate surface area is 172 Å². The number of imidazole rings is 1. The largest absolute Gasteiger partial charge is 0.300 e. The lowest BCUT2D eigenvalue weighted by Crippen LogP contribution is -2.09. The number of hydrogen-bond donors (Lipinski definition) is 0. The minimum absolute atomic E-state index is 0.140. The van der Waals surface area contributed by atoms with Gasteiger partial charge in [0.1, 0.15) is 17.6 Å². The molecule has 0 N–H and O–H groups in total. The van der Waals surface area contributed by atoms with Crippen molar-refractivity contribution >= 4 is 33.5 Å². The van der Waals surface area contributed by atoms with Crippen molar-refractivity contribution < 1.29 is 4.79 Å². The van der Waals surface area contributed by atoms with Crippen molar-refractivity contribution in [3.8, 4) is 5.69 Å². The Hall–Kier alpha value is -2.86. The summed E-state index contributed by atoms with van der Waals surface area (Å²) in [6.07, 6.45) is 6.39. The first-order valence-corrected chi connectivity index (χ1v) is 9.87. The fraction of sp³-hybridized carbons (Fsp3) is 0.182. The van der Waals surface area contributed by atoms with Gasteiger partial charge < -0.3 is 4.79 Å². The number of aliphatic imine (C=N–C) groups is 1. The molecule has 1 atom stereocenters. The van der Waals surface area contributed by atoms with Crippen LogP contribution in [0.3, 0.4) is 0 Å². The van der Waals surface area contributed by atoms with Crippen LogP contribution in [0, 0.1) is 0 Å². The third-order valence-electron chi connectivity index (χ3n) is 4.74. The highest BCUT2D eigenvalue weighted by Crippen LogP contribution is 2.35. The molecule has 3 heterocycles. The summed E-state index contributed by atoms with van der Waals surface area (Å²) in [5.74, 6) is 0.951. The Kier molecular flexibility index (Phi) is 5.05. The molecule has 5 nitrogen and oxygen atoms in total. The molecule has 0 saturated heterocycles. The topological polar surface area (TPSA) is 60.1 Å². The number of halogens is 1. The number of hydrogen-bond acceptors (Lipinski definition) is 4. The summed E-state index contributed by atoms with van der Waals surface area (Å²) in [6, 6.07) is 11.6. The molecule has 6 heteroatoms. The lowest BCUT2D eigenvalue weighted by molar-refractivity contribution is -0.117. The number of aromatic nitrogens is 3. The maximum Gasteiger partial charge on any atom is 0.138 e. The van der Waals surface area contributed by atoms with Gasteiger partial charge >= 0.3 is 0 Å². The summed E-state index contributed by atoms with van der Waals surface area (Å²) in [7, 11) is 0. The van der Waals surface area contributed by atoms with Crippen molar-refractivity contribution in [2.24, 2.45) is 4.99 Å². The van der Waals surface area contributed by atoms with Crippen LogP contribution in [0.2, 0.25) is 0 Å².